The van der Waals surface area contributed by atoms with E-state index in [1.165, 1.54) is 4.90 Å². The maximum Gasteiger partial charge on any atom is 0.244 e. The molecule has 2 heterocycles. The Kier molecular flexibility index (Phi) is 4.21. The van der Waals surface area contributed by atoms with Crippen molar-refractivity contribution < 1.29 is 23.8 Å². The van der Waals surface area contributed by atoms with E-state index < -0.39 is 24.0 Å². The van der Waals surface area contributed by atoms with E-state index in [0.29, 0.717) is 17.5 Å². The van der Waals surface area contributed by atoms with Gasteiger partial charge >= 0.3 is 0 Å². The molecule has 25 heavy (non-hydrogen) atoms. The molecule has 1 saturated heterocycles. The highest BCUT2D eigenvalue weighted by Gasteiger charge is 2.41. The van der Waals surface area contributed by atoms with Crippen LogP contribution in [-0.4, -0.2) is 34.0 Å². The van der Waals surface area contributed by atoms with Gasteiger partial charge in [-0.05, 0) is 38.2 Å². The molecule has 134 valence electrons. The predicted octanol–water partition coefficient (Wildman–Crippen LogP) is 1.76. The summed E-state index contributed by atoms with van der Waals surface area (Å²) in [5.41, 5.74) is 0.827. The summed E-state index contributed by atoms with van der Waals surface area (Å²) < 4.78 is 20.7. The van der Waals surface area contributed by atoms with Gasteiger partial charge in [0.15, 0.2) is 11.6 Å². The number of nitrogens with one attached hydrogen (secondary N) is 1. The van der Waals surface area contributed by atoms with Crippen molar-refractivity contribution in [1.29, 1.82) is 0 Å². The summed E-state index contributed by atoms with van der Waals surface area (Å²) in [4.78, 5) is 24.9. The van der Waals surface area contributed by atoms with Crippen LogP contribution in [-0.2, 0) is 16.1 Å². The Balaban J connectivity index is 1.56. The quantitative estimate of drug-likeness (QED) is 0.814. The lowest BCUT2D eigenvalue weighted by atomic mass is 10.0. The van der Waals surface area contributed by atoms with E-state index in [1.807, 2.05) is 0 Å². The molecule has 1 aromatic rings. The highest BCUT2D eigenvalue weighted by molar-refractivity contribution is 6.00. The number of piperidine rings is 1. The maximum atomic E-state index is 14.9. The second-order valence-electron chi connectivity index (χ2n) is 6.98. The first kappa shape index (κ1) is 16.5. The van der Waals surface area contributed by atoms with Gasteiger partial charge in [-0.1, -0.05) is 6.07 Å². The van der Waals surface area contributed by atoms with E-state index in [2.05, 4.69) is 5.32 Å². The molecule has 0 radical (unpaired) electrons. The average Bonchev–Trinajstić information content (AvgIpc) is 3.19. The second kappa shape index (κ2) is 6.38. The molecule has 7 heteroatoms. The van der Waals surface area contributed by atoms with Crippen molar-refractivity contribution in [3.05, 3.63) is 29.1 Å². The molecular formula is C18H21FN2O4. The van der Waals surface area contributed by atoms with Crippen LogP contribution in [0.15, 0.2) is 12.1 Å². The lowest BCUT2D eigenvalue weighted by Gasteiger charge is -2.31. The minimum Gasteiger partial charge on any atom is -0.487 e. The Labute approximate surface area is 144 Å². The first-order valence-electron chi connectivity index (χ1n) is 8.80. The number of hydrogen-bond acceptors (Lipinski definition) is 5. The predicted molar refractivity (Wildman–Crippen MR) is 86.0 cm³/mol. The van der Waals surface area contributed by atoms with Crippen LogP contribution in [0.5, 0.6) is 5.75 Å². The third kappa shape index (κ3) is 2.91. The van der Waals surface area contributed by atoms with Crippen LogP contribution in [0.25, 0.3) is 0 Å². The molecular weight excluding hydrogens is 327 g/mol. The fraction of sp³-hybridized carbons (Fsp3) is 0.556. The van der Waals surface area contributed by atoms with Crippen LogP contribution in [0, 0.1) is 5.82 Å². The number of carbonyl (C=O) groups excluding carboxylic acids is 2. The van der Waals surface area contributed by atoms with Crippen molar-refractivity contribution in [3.63, 3.8) is 0 Å². The Hall–Kier alpha value is -1.99. The highest BCUT2D eigenvalue weighted by Crippen LogP contribution is 2.39. The number of halogens is 1. The van der Waals surface area contributed by atoms with Crippen LogP contribution in [0.4, 0.5) is 4.39 Å². The first-order valence-corrected chi connectivity index (χ1v) is 8.80. The van der Waals surface area contributed by atoms with Crippen molar-refractivity contribution in [2.24, 2.45) is 0 Å². The molecule has 2 aliphatic heterocycles. The number of hydrogen-bond donors (Lipinski definition) is 2. The number of benzene rings is 1. The van der Waals surface area contributed by atoms with Crippen LogP contribution in [0.1, 0.15) is 55.9 Å². The summed E-state index contributed by atoms with van der Waals surface area (Å²) in [6.07, 6.45) is 3.58. The van der Waals surface area contributed by atoms with Crippen LogP contribution < -0.4 is 10.1 Å². The smallest absolute Gasteiger partial charge is 0.244 e. The number of fused-ring (bicyclic) bond motifs is 1. The second-order valence-corrected chi connectivity index (χ2v) is 6.98. The monoisotopic (exact) mass is 348 g/mol. The van der Waals surface area contributed by atoms with Gasteiger partial charge < -0.3 is 9.84 Å². The molecule has 3 aliphatic rings. The molecule has 0 aromatic heterocycles. The molecule has 0 spiro atoms. The van der Waals surface area contributed by atoms with Crippen molar-refractivity contribution in [1.82, 2.24) is 10.2 Å². The van der Waals surface area contributed by atoms with Gasteiger partial charge in [0.2, 0.25) is 11.8 Å². The van der Waals surface area contributed by atoms with Crippen LogP contribution >= 0.6 is 0 Å². The minimum atomic E-state index is -1.06. The standard InChI is InChI=1S/C18H21FN2O4/c19-16-12-9-21(13-6-8-15(22)20-17(13)23)18(24)11(12)5-7-14(16)25-10-3-1-2-4-10/h5,7,10,13,18,24H,1-4,6,8-9H2,(H,20,22,23). The minimum absolute atomic E-state index is 0.0464. The van der Waals surface area contributed by atoms with Crippen LogP contribution in [0.2, 0.25) is 0 Å². The number of rotatable bonds is 3. The summed E-state index contributed by atoms with van der Waals surface area (Å²) in [6, 6.07) is 2.59. The topological polar surface area (TPSA) is 78.9 Å². The van der Waals surface area contributed by atoms with E-state index in [-0.39, 0.29) is 30.7 Å². The first-order chi connectivity index (χ1) is 12.0. The average molecular weight is 348 g/mol. The fourth-order valence-electron chi connectivity index (χ4n) is 4.02. The molecule has 2 unspecified atom stereocenters. The number of aliphatic hydroxyl groups excluding tert-OH is 1. The maximum absolute atomic E-state index is 14.9. The zero-order valence-electron chi connectivity index (χ0n) is 13.8. The lowest BCUT2D eigenvalue weighted by molar-refractivity contribution is -0.141. The summed E-state index contributed by atoms with van der Waals surface area (Å²) in [5.74, 6) is -1.00. The SMILES string of the molecule is O=C1CCC(N2Cc3c(ccc(OC4CCCC4)c3F)C2O)C(=O)N1. The van der Waals surface area contributed by atoms with Gasteiger partial charge in [0.1, 0.15) is 6.23 Å². The summed E-state index contributed by atoms with van der Waals surface area (Å²) in [6.45, 7) is 0.122. The molecule has 6 nitrogen and oxygen atoms in total. The molecule has 2 amide bonds. The number of carbonyl (C=O) groups is 2. The van der Waals surface area contributed by atoms with Crippen molar-refractivity contribution >= 4 is 11.8 Å². The summed E-state index contributed by atoms with van der Waals surface area (Å²) in [5, 5.41) is 12.8. The van der Waals surface area contributed by atoms with E-state index in [1.54, 1.807) is 12.1 Å². The zero-order valence-corrected chi connectivity index (χ0v) is 13.8. The molecule has 2 N–H and O–H groups in total. The van der Waals surface area contributed by atoms with Crippen molar-refractivity contribution in [2.45, 2.75) is 63.4 Å². The van der Waals surface area contributed by atoms with E-state index >= 15 is 0 Å². The molecule has 1 saturated carbocycles. The van der Waals surface area contributed by atoms with Gasteiger partial charge in [-0.2, -0.15) is 0 Å². The lowest BCUT2D eigenvalue weighted by Crippen LogP contribution is -2.51. The summed E-state index contributed by atoms with van der Waals surface area (Å²) in [7, 11) is 0. The van der Waals surface area contributed by atoms with E-state index in [4.69, 9.17) is 4.74 Å². The Morgan fingerprint density at radius 3 is 2.68 bits per heavy atom. The number of aliphatic hydroxyl groups is 1. The van der Waals surface area contributed by atoms with E-state index in [0.717, 1.165) is 25.7 Å². The molecule has 4 rings (SSSR count). The normalized spacial score (nSPS) is 27.4. The van der Waals surface area contributed by atoms with Crippen molar-refractivity contribution in [3.8, 4) is 5.75 Å². The van der Waals surface area contributed by atoms with Gasteiger partial charge in [-0.25, -0.2) is 4.39 Å². The number of amides is 2. The van der Waals surface area contributed by atoms with E-state index in [9.17, 15) is 19.1 Å². The van der Waals surface area contributed by atoms with Gasteiger partial charge in [0.05, 0.1) is 12.1 Å². The van der Waals surface area contributed by atoms with Gasteiger partial charge in [-0.3, -0.25) is 19.8 Å². The Bertz CT molecular complexity index is 717. The zero-order chi connectivity index (χ0) is 17.6. The van der Waals surface area contributed by atoms with Gasteiger partial charge in [-0.15, -0.1) is 0 Å². The molecule has 2 fully saturated rings. The Morgan fingerprint density at radius 2 is 1.96 bits per heavy atom. The largest absolute Gasteiger partial charge is 0.487 e. The highest BCUT2D eigenvalue weighted by atomic mass is 19.1. The fourth-order valence-corrected chi connectivity index (χ4v) is 4.02. The third-order valence-corrected chi connectivity index (χ3v) is 5.38. The molecule has 1 aliphatic carbocycles. The number of ether oxygens (including phenoxy) is 1. The molecule has 0 bridgehead atoms. The van der Waals surface area contributed by atoms with Crippen LogP contribution in [0.3, 0.4) is 0 Å². The van der Waals surface area contributed by atoms with Gasteiger partial charge in [0.25, 0.3) is 0 Å². The number of imide groups is 1. The molecule has 2 atom stereocenters. The third-order valence-electron chi connectivity index (χ3n) is 5.38. The Morgan fingerprint density at radius 1 is 1.20 bits per heavy atom. The molecule has 1 aromatic carbocycles. The number of nitrogens with zero attached hydrogens (tertiary/aromatic N) is 1. The van der Waals surface area contributed by atoms with Gasteiger partial charge in [0, 0.05) is 24.1 Å². The summed E-state index contributed by atoms with van der Waals surface area (Å²) >= 11 is 0. The van der Waals surface area contributed by atoms with Crippen molar-refractivity contribution in [2.75, 3.05) is 0 Å².